The largest absolute Gasteiger partial charge is 0.398 e. The van der Waals surface area contributed by atoms with E-state index in [0.29, 0.717) is 16.0 Å². The number of rotatable bonds is 3. The van der Waals surface area contributed by atoms with Crippen molar-refractivity contribution in [1.82, 2.24) is 4.31 Å². The van der Waals surface area contributed by atoms with E-state index < -0.39 is 10.0 Å². The molecule has 2 aromatic rings. The number of hydrogen-bond acceptors (Lipinski definition) is 3. The Hall–Kier alpha value is -1.59. The number of hydrogen-bond donors (Lipinski definition) is 1. The molecule has 2 N–H and O–H groups in total. The Balaban J connectivity index is 2.23. The zero-order valence-corrected chi connectivity index (χ0v) is 11.5. The van der Waals surface area contributed by atoms with Gasteiger partial charge < -0.3 is 5.73 Å². The van der Waals surface area contributed by atoms with Gasteiger partial charge in [-0.15, -0.1) is 0 Å². The number of anilines is 1. The van der Waals surface area contributed by atoms with Gasteiger partial charge in [0.15, 0.2) is 0 Å². The minimum Gasteiger partial charge on any atom is -0.398 e. The zero-order valence-electron chi connectivity index (χ0n) is 10.7. The number of nitrogens with zero attached hydrogens (tertiary/aromatic N) is 1. The third kappa shape index (κ3) is 1.99. The Labute approximate surface area is 112 Å². The average Bonchev–Trinajstić information content (AvgIpc) is 3.22. The summed E-state index contributed by atoms with van der Waals surface area (Å²) >= 11 is 0. The van der Waals surface area contributed by atoms with Crippen molar-refractivity contribution in [1.29, 1.82) is 0 Å². The lowest BCUT2D eigenvalue weighted by molar-refractivity contribution is 0.465. The standard InChI is InChI=1S/C14H16N2O2S/c1-16(10-6-7-10)19(17,18)14-9-8-13(15)11-4-2-3-5-12(11)14/h2-5,8-10H,6-7,15H2,1H3. The van der Waals surface area contributed by atoms with E-state index in [-0.39, 0.29) is 6.04 Å². The molecule has 0 radical (unpaired) electrons. The second-order valence-corrected chi connectivity index (χ2v) is 6.92. The summed E-state index contributed by atoms with van der Waals surface area (Å²) in [7, 11) is -1.79. The van der Waals surface area contributed by atoms with Crippen LogP contribution in [0.1, 0.15) is 12.8 Å². The molecule has 0 saturated heterocycles. The van der Waals surface area contributed by atoms with Crippen LogP contribution < -0.4 is 5.73 Å². The van der Waals surface area contributed by atoms with Crippen molar-refractivity contribution in [3.8, 4) is 0 Å². The van der Waals surface area contributed by atoms with Gasteiger partial charge in [-0.1, -0.05) is 24.3 Å². The minimum absolute atomic E-state index is 0.154. The number of nitrogens with two attached hydrogens (primary N) is 1. The zero-order chi connectivity index (χ0) is 13.6. The molecule has 100 valence electrons. The maximum absolute atomic E-state index is 12.6. The first-order valence-electron chi connectivity index (χ1n) is 6.27. The van der Waals surface area contributed by atoms with Gasteiger partial charge in [-0.25, -0.2) is 8.42 Å². The smallest absolute Gasteiger partial charge is 0.243 e. The molecule has 0 unspecified atom stereocenters. The van der Waals surface area contributed by atoms with E-state index in [1.165, 1.54) is 4.31 Å². The van der Waals surface area contributed by atoms with E-state index >= 15 is 0 Å². The van der Waals surface area contributed by atoms with E-state index in [4.69, 9.17) is 5.73 Å². The minimum atomic E-state index is -3.44. The van der Waals surface area contributed by atoms with Crippen LogP contribution in [-0.4, -0.2) is 25.8 Å². The lowest BCUT2D eigenvalue weighted by Crippen LogP contribution is -2.29. The van der Waals surface area contributed by atoms with Crippen LogP contribution in [0.5, 0.6) is 0 Å². The van der Waals surface area contributed by atoms with Crippen molar-refractivity contribution in [3.63, 3.8) is 0 Å². The second-order valence-electron chi connectivity index (χ2n) is 4.95. The summed E-state index contributed by atoms with van der Waals surface area (Å²) in [5.74, 6) is 0. The predicted molar refractivity (Wildman–Crippen MR) is 76.3 cm³/mol. The summed E-state index contributed by atoms with van der Waals surface area (Å²) in [6, 6.07) is 10.8. The molecule has 0 spiro atoms. The maximum Gasteiger partial charge on any atom is 0.243 e. The summed E-state index contributed by atoms with van der Waals surface area (Å²) in [6.07, 6.45) is 1.89. The SMILES string of the molecule is CN(C1CC1)S(=O)(=O)c1ccc(N)c2ccccc12. The van der Waals surface area contributed by atoms with Crippen LogP contribution in [0.2, 0.25) is 0 Å². The third-order valence-electron chi connectivity index (χ3n) is 3.64. The Morgan fingerprint density at radius 2 is 1.74 bits per heavy atom. The number of benzene rings is 2. The predicted octanol–water partition coefficient (Wildman–Crippen LogP) is 2.20. The Bertz CT molecular complexity index is 736. The fourth-order valence-electron chi connectivity index (χ4n) is 2.31. The molecule has 0 aliphatic heterocycles. The van der Waals surface area contributed by atoms with Crippen LogP contribution in [0.15, 0.2) is 41.3 Å². The molecule has 0 bridgehead atoms. The van der Waals surface area contributed by atoms with Gasteiger partial charge in [-0.2, -0.15) is 4.31 Å². The summed E-state index contributed by atoms with van der Waals surface area (Å²) < 4.78 is 26.7. The van der Waals surface area contributed by atoms with Crippen molar-refractivity contribution in [2.75, 3.05) is 12.8 Å². The third-order valence-corrected chi connectivity index (χ3v) is 5.60. The number of sulfonamides is 1. The molecule has 1 aliphatic carbocycles. The fraction of sp³-hybridized carbons (Fsp3) is 0.286. The molecule has 2 aromatic carbocycles. The van der Waals surface area contributed by atoms with Crippen LogP contribution >= 0.6 is 0 Å². The normalized spacial score (nSPS) is 16.1. The molecule has 0 heterocycles. The first-order chi connectivity index (χ1) is 9.01. The first-order valence-corrected chi connectivity index (χ1v) is 7.71. The van der Waals surface area contributed by atoms with Gasteiger partial charge in [-0.05, 0) is 25.0 Å². The Kier molecular flexibility index (Phi) is 2.76. The molecule has 19 heavy (non-hydrogen) atoms. The summed E-state index contributed by atoms with van der Waals surface area (Å²) in [4.78, 5) is 0.340. The van der Waals surface area contributed by atoms with Crippen LogP contribution in [0.25, 0.3) is 10.8 Å². The van der Waals surface area contributed by atoms with Gasteiger partial charge in [0, 0.05) is 29.5 Å². The van der Waals surface area contributed by atoms with Gasteiger partial charge in [-0.3, -0.25) is 0 Å². The molecule has 0 atom stereocenters. The van der Waals surface area contributed by atoms with Crippen LogP contribution in [0.4, 0.5) is 5.69 Å². The monoisotopic (exact) mass is 276 g/mol. The quantitative estimate of drug-likeness (QED) is 0.874. The molecule has 0 amide bonds. The van der Waals surface area contributed by atoms with Gasteiger partial charge in [0.1, 0.15) is 0 Å². The fourth-order valence-corrected chi connectivity index (χ4v) is 3.92. The van der Waals surface area contributed by atoms with Crippen LogP contribution in [0.3, 0.4) is 0 Å². The van der Waals surface area contributed by atoms with Crippen molar-refractivity contribution >= 4 is 26.5 Å². The van der Waals surface area contributed by atoms with Gasteiger partial charge in [0.25, 0.3) is 0 Å². The first kappa shape index (κ1) is 12.4. The Morgan fingerprint density at radius 3 is 2.37 bits per heavy atom. The highest BCUT2D eigenvalue weighted by molar-refractivity contribution is 7.89. The molecular formula is C14H16N2O2S. The summed E-state index contributed by atoms with van der Waals surface area (Å²) in [6.45, 7) is 0. The maximum atomic E-state index is 12.6. The molecule has 1 saturated carbocycles. The van der Waals surface area contributed by atoms with Crippen molar-refractivity contribution in [2.24, 2.45) is 0 Å². The topological polar surface area (TPSA) is 63.4 Å². The lowest BCUT2D eigenvalue weighted by atomic mass is 10.1. The molecule has 1 fully saturated rings. The van der Waals surface area contributed by atoms with E-state index in [2.05, 4.69) is 0 Å². The number of nitrogen functional groups attached to an aromatic ring is 1. The van der Waals surface area contributed by atoms with Gasteiger partial charge in [0.2, 0.25) is 10.0 Å². The van der Waals surface area contributed by atoms with Crippen LogP contribution in [0, 0.1) is 0 Å². The second kappa shape index (κ2) is 4.21. The highest BCUT2D eigenvalue weighted by Gasteiger charge is 2.35. The molecule has 4 nitrogen and oxygen atoms in total. The van der Waals surface area contributed by atoms with Crippen LogP contribution in [-0.2, 0) is 10.0 Å². The highest BCUT2D eigenvalue weighted by atomic mass is 32.2. The highest BCUT2D eigenvalue weighted by Crippen LogP contribution is 2.34. The summed E-state index contributed by atoms with van der Waals surface area (Å²) in [5, 5.41) is 1.47. The van der Waals surface area contributed by atoms with Crippen molar-refractivity contribution in [2.45, 2.75) is 23.8 Å². The molecule has 3 rings (SSSR count). The van der Waals surface area contributed by atoms with E-state index in [1.54, 1.807) is 25.2 Å². The molecule has 5 heteroatoms. The lowest BCUT2D eigenvalue weighted by Gasteiger charge is -2.18. The molecular weight excluding hydrogens is 260 g/mol. The average molecular weight is 276 g/mol. The molecule has 0 aromatic heterocycles. The van der Waals surface area contributed by atoms with E-state index in [9.17, 15) is 8.42 Å². The van der Waals surface area contributed by atoms with E-state index in [1.807, 2.05) is 18.2 Å². The van der Waals surface area contributed by atoms with E-state index in [0.717, 1.165) is 18.2 Å². The molecule has 1 aliphatic rings. The Morgan fingerprint density at radius 1 is 1.11 bits per heavy atom. The summed E-state index contributed by atoms with van der Waals surface area (Å²) in [5.41, 5.74) is 6.51. The van der Waals surface area contributed by atoms with Gasteiger partial charge in [0.05, 0.1) is 4.90 Å². The van der Waals surface area contributed by atoms with Crippen molar-refractivity contribution in [3.05, 3.63) is 36.4 Å². The number of fused-ring (bicyclic) bond motifs is 1. The van der Waals surface area contributed by atoms with Crippen molar-refractivity contribution < 1.29 is 8.42 Å². The van der Waals surface area contributed by atoms with Gasteiger partial charge >= 0.3 is 0 Å².